The fourth-order valence-electron chi connectivity index (χ4n) is 3.08. The number of aromatic nitrogens is 2. The molecule has 0 spiro atoms. The Morgan fingerprint density at radius 2 is 1.67 bits per heavy atom. The topological polar surface area (TPSA) is 97.1 Å². The van der Waals surface area contributed by atoms with Gasteiger partial charge in [-0.1, -0.05) is 30.5 Å². The third kappa shape index (κ3) is 4.66. The van der Waals surface area contributed by atoms with Crippen molar-refractivity contribution in [1.82, 2.24) is 20.8 Å². The van der Waals surface area contributed by atoms with E-state index in [4.69, 9.17) is 4.52 Å². The van der Waals surface area contributed by atoms with E-state index in [-0.39, 0.29) is 24.9 Å². The van der Waals surface area contributed by atoms with Gasteiger partial charge in [0.15, 0.2) is 5.82 Å². The van der Waals surface area contributed by atoms with Gasteiger partial charge in [-0.15, -0.1) is 0 Å². The molecular weight excluding hydrogens is 358 g/mol. The van der Waals surface area contributed by atoms with E-state index in [9.17, 15) is 18.4 Å². The van der Waals surface area contributed by atoms with Crippen molar-refractivity contribution < 1.29 is 22.9 Å². The van der Waals surface area contributed by atoms with Crippen LogP contribution in [0.1, 0.15) is 64.9 Å². The number of carbonyl (C=O) groups is 2. The normalized spacial score (nSPS) is 14.7. The summed E-state index contributed by atoms with van der Waals surface area (Å²) in [6.07, 6.45) is 5.40. The van der Waals surface area contributed by atoms with Crippen molar-refractivity contribution in [3.05, 3.63) is 47.1 Å². The van der Waals surface area contributed by atoms with Gasteiger partial charge in [0.25, 0.3) is 5.91 Å². The number of rotatable bonds is 6. The predicted molar refractivity (Wildman–Crippen MR) is 91.1 cm³/mol. The molecule has 27 heavy (non-hydrogen) atoms. The molecule has 7 nitrogen and oxygen atoms in total. The molecule has 1 fully saturated rings. The van der Waals surface area contributed by atoms with Crippen LogP contribution in [0.5, 0.6) is 0 Å². The van der Waals surface area contributed by atoms with E-state index in [1.165, 1.54) is 12.5 Å². The van der Waals surface area contributed by atoms with Crippen molar-refractivity contribution in [2.45, 2.75) is 38.0 Å². The molecule has 0 radical (unpaired) electrons. The maximum atomic E-state index is 13.5. The van der Waals surface area contributed by atoms with Gasteiger partial charge in [-0.2, -0.15) is 4.98 Å². The Hall–Kier alpha value is -2.84. The van der Waals surface area contributed by atoms with E-state index in [0.717, 1.165) is 37.8 Å². The molecule has 0 aliphatic heterocycles. The van der Waals surface area contributed by atoms with Crippen LogP contribution in [0, 0.1) is 11.6 Å². The number of nitrogens with zero attached hydrogens (tertiary/aromatic N) is 2. The summed E-state index contributed by atoms with van der Waals surface area (Å²) in [7, 11) is 0. The van der Waals surface area contributed by atoms with E-state index >= 15 is 0 Å². The van der Waals surface area contributed by atoms with Crippen LogP contribution >= 0.6 is 0 Å². The second-order valence-corrected chi connectivity index (χ2v) is 6.40. The highest BCUT2D eigenvalue weighted by Crippen LogP contribution is 2.30. The smallest absolute Gasteiger partial charge is 0.315 e. The van der Waals surface area contributed by atoms with Gasteiger partial charge in [0.1, 0.15) is 17.2 Å². The van der Waals surface area contributed by atoms with Crippen LogP contribution in [0.25, 0.3) is 0 Å². The third-order valence-corrected chi connectivity index (χ3v) is 4.49. The lowest BCUT2D eigenvalue weighted by Crippen LogP contribution is -2.35. The summed E-state index contributed by atoms with van der Waals surface area (Å²) < 4.78 is 32.0. The summed E-state index contributed by atoms with van der Waals surface area (Å²) in [6, 6.07) is 3.17. The molecule has 0 unspecified atom stereocenters. The maximum absolute atomic E-state index is 13.5. The molecule has 0 bridgehead atoms. The van der Waals surface area contributed by atoms with Crippen LogP contribution < -0.4 is 10.6 Å². The lowest BCUT2D eigenvalue weighted by Gasteiger charge is -2.17. The fraction of sp³-hybridized carbons (Fsp3) is 0.444. The zero-order valence-corrected chi connectivity index (χ0v) is 14.6. The molecule has 0 saturated heterocycles. The van der Waals surface area contributed by atoms with E-state index in [1.807, 2.05) is 0 Å². The zero-order chi connectivity index (χ0) is 19.2. The van der Waals surface area contributed by atoms with Crippen LogP contribution in [0.15, 0.2) is 22.7 Å². The van der Waals surface area contributed by atoms with Gasteiger partial charge in [-0.25, -0.2) is 8.78 Å². The number of carbonyl (C=O) groups excluding carboxylic acids is 2. The molecule has 9 heteroatoms. The second-order valence-electron chi connectivity index (χ2n) is 6.40. The van der Waals surface area contributed by atoms with Gasteiger partial charge in [0.2, 0.25) is 0 Å². The number of hydrogen-bond donors (Lipinski definition) is 2. The Kier molecular flexibility index (Phi) is 6.10. The minimum Gasteiger partial charge on any atom is -0.350 e. The summed E-state index contributed by atoms with van der Waals surface area (Å²) >= 11 is 0. The molecule has 2 N–H and O–H groups in total. The Bertz CT molecular complexity index is 798. The SMILES string of the molecule is O=C(NCCNC(=O)c1c(F)cccc1F)c1nc(C2CCCCC2)no1. The van der Waals surface area contributed by atoms with Crippen LogP contribution in [0.3, 0.4) is 0 Å². The molecule has 1 saturated carbocycles. The van der Waals surface area contributed by atoms with E-state index in [2.05, 4.69) is 20.8 Å². The average molecular weight is 378 g/mol. The van der Waals surface area contributed by atoms with Crippen molar-refractivity contribution in [2.75, 3.05) is 13.1 Å². The first-order valence-corrected chi connectivity index (χ1v) is 8.90. The fourth-order valence-corrected chi connectivity index (χ4v) is 3.08. The molecule has 2 amide bonds. The highest BCUT2D eigenvalue weighted by atomic mass is 19.1. The first-order valence-electron chi connectivity index (χ1n) is 8.90. The maximum Gasteiger partial charge on any atom is 0.315 e. The van der Waals surface area contributed by atoms with Crippen molar-refractivity contribution >= 4 is 11.8 Å². The second kappa shape index (κ2) is 8.70. The van der Waals surface area contributed by atoms with Crippen molar-refractivity contribution in [1.29, 1.82) is 0 Å². The molecule has 3 rings (SSSR count). The van der Waals surface area contributed by atoms with Crippen LogP contribution in [0.2, 0.25) is 0 Å². The van der Waals surface area contributed by atoms with Crippen molar-refractivity contribution in [2.24, 2.45) is 0 Å². The number of halogens is 2. The van der Waals surface area contributed by atoms with Crippen molar-refractivity contribution in [3.63, 3.8) is 0 Å². The standard InChI is InChI=1S/C18H20F2N4O3/c19-12-7-4-8-13(20)14(12)16(25)21-9-10-22-17(26)18-23-15(24-27-18)11-5-2-1-3-6-11/h4,7-8,11H,1-3,5-6,9-10H2,(H,21,25)(H,22,26). The Balaban J connectivity index is 1.46. The van der Waals surface area contributed by atoms with Gasteiger partial charge < -0.3 is 15.2 Å². The largest absolute Gasteiger partial charge is 0.350 e. The van der Waals surface area contributed by atoms with Gasteiger partial charge in [0.05, 0.1) is 0 Å². The molecule has 1 aliphatic carbocycles. The Morgan fingerprint density at radius 1 is 1.04 bits per heavy atom. The van der Waals surface area contributed by atoms with Crippen molar-refractivity contribution in [3.8, 4) is 0 Å². The van der Waals surface area contributed by atoms with E-state index in [0.29, 0.717) is 5.82 Å². The summed E-state index contributed by atoms with van der Waals surface area (Å²) in [4.78, 5) is 28.0. The molecule has 1 aromatic heterocycles. The summed E-state index contributed by atoms with van der Waals surface area (Å²) in [5.41, 5.74) is -0.655. The number of amides is 2. The highest BCUT2D eigenvalue weighted by Gasteiger charge is 2.23. The van der Waals surface area contributed by atoms with Crippen LogP contribution in [0.4, 0.5) is 8.78 Å². The molecule has 1 aromatic carbocycles. The quantitative estimate of drug-likeness (QED) is 0.753. The zero-order valence-electron chi connectivity index (χ0n) is 14.6. The summed E-state index contributed by atoms with van der Waals surface area (Å²) in [5.74, 6) is -2.72. The summed E-state index contributed by atoms with van der Waals surface area (Å²) in [5, 5.41) is 8.73. The molecule has 144 valence electrons. The van der Waals surface area contributed by atoms with E-state index < -0.39 is 29.0 Å². The van der Waals surface area contributed by atoms with Crippen LogP contribution in [-0.4, -0.2) is 35.0 Å². The lowest BCUT2D eigenvalue weighted by molar-refractivity contribution is 0.0896. The third-order valence-electron chi connectivity index (χ3n) is 4.49. The van der Waals surface area contributed by atoms with E-state index in [1.54, 1.807) is 0 Å². The first kappa shape index (κ1) is 18.9. The number of nitrogens with one attached hydrogen (secondary N) is 2. The lowest BCUT2D eigenvalue weighted by atomic mass is 9.89. The predicted octanol–water partition coefficient (Wildman–Crippen LogP) is 2.56. The van der Waals surface area contributed by atoms with Gasteiger partial charge in [0, 0.05) is 19.0 Å². The minimum atomic E-state index is -0.947. The molecular formula is C18H20F2N4O3. The minimum absolute atomic E-state index is 0.0119. The first-order chi connectivity index (χ1) is 13.1. The molecule has 0 atom stereocenters. The summed E-state index contributed by atoms with van der Waals surface area (Å²) in [6.45, 7) is 0.0315. The monoisotopic (exact) mass is 378 g/mol. The number of hydrogen-bond acceptors (Lipinski definition) is 5. The van der Waals surface area contributed by atoms with Crippen LogP contribution in [-0.2, 0) is 0 Å². The Labute approximate surface area is 154 Å². The Morgan fingerprint density at radius 3 is 2.33 bits per heavy atom. The molecule has 2 aromatic rings. The van der Waals surface area contributed by atoms with Gasteiger partial charge in [-0.3, -0.25) is 9.59 Å². The van der Waals surface area contributed by atoms with Gasteiger partial charge >= 0.3 is 11.8 Å². The van der Waals surface area contributed by atoms with Gasteiger partial charge in [-0.05, 0) is 25.0 Å². The highest BCUT2D eigenvalue weighted by molar-refractivity contribution is 5.94. The molecule has 1 aliphatic rings. The average Bonchev–Trinajstić information content (AvgIpc) is 3.16. The number of benzene rings is 1. The molecule has 1 heterocycles.